The summed E-state index contributed by atoms with van der Waals surface area (Å²) in [6, 6.07) is 16.4. The molecule has 1 aliphatic heterocycles. The summed E-state index contributed by atoms with van der Waals surface area (Å²) in [4.78, 5) is 26.5. The van der Waals surface area contributed by atoms with Crippen molar-refractivity contribution in [3.63, 3.8) is 0 Å². The van der Waals surface area contributed by atoms with Gasteiger partial charge in [-0.1, -0.05) is 24.3 Å². The van der Waals surface area contributed by atoms with Crippen LogP contribution in [-0.2, 0) is 13.0 Å². The number of hydrogen-bond donors (Lipinski definition) is 0. The van der Waals surface area contributed by atoms with Crippen LogP contribution in [0.2, 0.25) is 0 Å². The van der Waals surface area contributed by atoms with Crippen molar-refractivity contribution in [2.24, 2.45) is 0 Å². The average Bonchev–Trinajstić information content (AvgIpc) is 3.20. The number of carbonyl (C=O) groups is 1. The number of benzene rings is 1. The number of para-hydroxylation sites is 1. The standard InChI is InChI=1S/C20H18N2O3/c1-14-12-15-6-2-3-7-17(15)22(14)20(24)18-10-9-16(25-18)13-21-11-5-4-8-19(21)23/h2-11,14H,12-13H2,1H3. The Hall–Kier alpha value is -3.08. The number of pyridine rings is 1. The Morgan fingerprint density at radius 3 is 2.76 bits per heavy atom. The lowest BCUT2D eigenvalue weighted by Crippen LogP contribution is -2.35. The molecule has 1 atom stereocenters. The number of furan rings is 1. The van der Waals surface area contributed by atoms with Crippen LogP contribution in [0.4, 0.5) is 5.69 Å². The maximum Gasteiger partial charge on any atom is 0.294 e. The molecule has 3 aromatic rings. The molecular formula is C20H18N2O3. The van der Waals surface area contributed by atoms with Crippen molar-refractivity contribution in [3.8, 4) is 0 Å². The average molecular weight is 334 g/mol. The van der Waals surface area contributed by atoms with Gasteiger partial charge in [0, 0.05) is 24.0 Å². The van der Waals surface area contributed by atoms with Crippen molar-refractivity contribution >= 4 is 11.6 Å². The first kappa shape index (κ1) is 15.4. The van der Waals surface area contributed by atoms with Crippen LogP contribution in [0.15, 0.2) is 70.0 Å². The van der Waals surface area contributed by atoms with E-state index in [1.807, 2.05) is 25.1 Å². The van der Waals surface area contributed by atoms with Crippen molar-refractivity contribution < 1.29 is 9.21 Å². The molecule has 5 heteroatoms. The Morgan fingerprint density at radius 2 is 1.92 bits per heavy atom. The molecule has 0 bridgehead atoms. The summed E-state index contributed by atoms with van der Waals surface area (Å²) in [6.07, 6.45) is 2.54. The molecule has 0 saturated heterocycles. The van der Waals surface area contributed by atoms with Gasteiger partial charge in [0.05, 0.1) is 6.54 Å². The molecule has 1 aliphatic rings. The molecule has 0 N–H and O–H groups in total. The van der Waals surface area contributed by atoms with E-state index in [0.29, 0.717) is 18.1 Å². The highest BCUT2D eigenvalue weighted by atomic mass is 16.4. The minimum Gasteiger partial charge on any atom is -0.454 e. The summed E-state index contributed by atoms with van der Waals surface area (Å²) in [7, 11) is 0. The zero-order valence-electron chi connectivity index (χ0n) is 13.9. The van der Waals surface area contributed by atoms with Gasteiger partial charge in [0.25, 0.3) is 11.5 Å². The van der Waals surface area contributed by atoms with E-state index in [1.165, 1.54) is 11.6 Å². The Kier molecular flexibility index (Phi) is 3.76. The van der Waals surface area contributed by atoms with Crippen LogP contribution < -0.4 is 10.5 Å². The maximum atomic E-state index is 12.9. The van der Waals surface area contributed by atoms with E-state index in [1.54, 1.807) is 39.9 Å². The van der Waals surface area contributed by atoms with Gasteiger partial charge in [-0.3, -0.25) is 9.59 Å². The SMILES string of the molecule is CC1Cc2ccccc2N1C(=O)c1ccc(Cn2ccccc2=O)o1. The van der Waals surface area contributed by atoms with Gasteiger partial charge in [-0.2, -0.15) is 0 Å². The number of carbonyl (C=O) groups excluding carboxylic acids is 1. The molecule has 1 unspecified atom stereocenters. The summed E-state index contributed by atoms with van der Waals surface area (Å²) in [6.45, 7) is 2.34. The first-order chi connectivity index (χ1) is 12.1. The number of hydrogen-bond acceptors (Lipinski definition) is 3. The fourth-order valence-electron chi connectivity index (χ4n) is 3.33. The molecule has 4 rings (SSSR count). The van der Waals surface area contributed by atoms with Crippen LogP contribution in [0.5, 0.6) is 0 Å². The van der Waals surface area contributed by atoms with Gasteiger partial charge in [0.1, 0.15) is 5.76 Å². The second kappa shape index (κ2) is 6.09. The van der Waals surface area contributed by atoms with E-state index >= 15 is 0 Å². The van der Waals surface area contributed by atoms with Crippen LogP contribution in [0, 0.1) is 0 Å². The van der Waals surface area contributed by atoms with Gasteiger partial charge >= 0.3 is 0 Å². The van der Waals surface area contributed by atoms with E-state index in [9.17, 15) is 9.59 Å². The lowest BCUT2D eigenvalue weighted by atomic mass is 10.1. The minimum atomic E-state index is -0.149. The predicted molar refractivity (Wildman–Crippen MR) is 94.9 cm³/mol. The van der Waals surface area contributed by atoms with E-state index < -0.39 is 0 Å². The second-order valence-electron chi connectivity index (χ2n) is 6.29. The minimum absolute atomic E-state index is 0.0928. The summed E-state index contributed by atoms with van der Waals surface area (Å²) in [5.41, 5.74) is 2.01. The molecule has 0 spiro atoms. The fraction of sp³-hybridized carbons (Fsp3) is 0.200. The molecule has 126 valence electrons. The number of fused-ring (bicyclic) bond motifs is 1. The number of anilines is 1. The van der Waals surface area contributed by atoms with Gasteiger partial charge in [-0.25, -0.2) is 0 Å². The van der Waals surface area contributed by atoms with Gasteiger partial charge in [0.15, 0.2) is 5.76 Å². The van der Waals surface area contributed by atoms with Crippen LogP contribution >= 0.6 is 0 Å². The number of nitrogens with zero attached hydrogens (tertiary/aromatic N) is 2. The van der Waals surface area contributed by atoms with Crippen molar-refractivity contribution in [3.05, 3.63) is 88.2 Å². The summed E-state index contributed by atoms with van der Waals surface area (Å²) in [5.74, 6) is 0.725. The quantitative estimate of drug-likeness (QED) is 0.740. The van der Waals surface area contributed by atoms with Crippen LogP contribution in [-0.4, -0.2) is 16.5 Å². The highest BCUT2D eigenvalue weighted by molar-refractivity contribution is 6.06. The Bertz CT molecular complexity index is 986. The van der Waals surface area contributed by atoms with Gasteiger partial charge in [-0.15, -0.1) is 0 Å². The normalized spacial score (nSPS) is 16.0. The highest BCUT2D eigenvalue weighted by Gasteiger charge is 2.32. The molecule has 0 saturated carbocycles. The van der Waals surface area contributed by atoms with Crippen molar-refractivity contribution in [2.45, 2.75) is 25.9 Å². The van der Waals surface area contributed by atoms with Crippen molar-refractivity contribution in [1.29, 1.82) is 0 Å². The predicted octanol–water partition coefficient (Wildman–Crippen LogP) is 3.08. The van der Waals surface area contributed by atoms with Crippen molar-refractivity contribution in [1.82, 2.24) is 4.57 Å². The molecule has 25 heavy (non-hydrogen) atoms. The Labute approximate surface area is 145 Å². The number of rotatable bonds is 3. The maximum absolute atomic E-state index is 12.9. The van der Waals surface area contributed by atoms with E-state index in [-0.39, 0.29) is 17.5 Å². The van der Waals surface area contributed by atoms with Crippen LogP contribution in [0.1, 0.15) is 28.8 Å². The summed E-state index contributed by atoms with van der Waals surface area (Å²) in [5, 5.41) is 0. The third-order valence-corrected chi connectivity index (χ3v) is 4.52. The lowest BCUT2D eigenvalue weighted by molar-refractivity contribution is 0.0952. The molecule has 0 aliphatic carbocycles. The molecule has 2 aromatic heterocycles. The summed E-state index contributed by atoms with van der Waals surface area (Å²) < 4.78 is 7.27. The molecule has 0 fully saturated rings. The zero-order valence-corrected chi connectivity index (χ0v) is 13.9. The third kappa shape index (κ3) is 2.78. The number of amides is 1. The van der Waals surface area contributed by atoms with Gasteiger partial charge in [0.2, 0.25) is 0 Å². The largest absolute Gasteiger partial charge is 0.454 e. The van der Waals surface area contributed by atoms with Crippen molar-refractivity contribution in [2.75, 3.05) is 4.90 Å². The Balaban J connectivity index is 1.59. The monoisotopic (exact) mass is 334 g/mol. The molecule has 3 heterocycles. The Morgan fingerprint density at radius 1 is 1.12 bits per heavy atom. The molecular weight excluding hydrogens is 316 g/mol. The van der Waals surface area contributed by atoms with E-state index in [4.69, 9.17) is 4.42 Å². The molecule has 5 nitrogen and oxygen atoms in total. The number of aromatic nitrogens is 1. The van der Waals surface area contributed by atoms with Gasteiger partial charge < -0.3 is 13.9 Å². The first-order valence-electron chi connectivity index (χ1n) is 8.29. The fourth-order valence-corrected chi connectivity index (χ4v) is 3.33. The smallest absolute Gasteiger partial charge is 0.294 e. The zero-order chi connectivity index (χ0) is 17.4. The van der Waals surface area contributed by atoms with Gasteiger partial charge in [-0.05, 0) is 43.2 Å². The topological polar surface area (TPSA) is 55.5 Å². The molecule has 1 aromatic carbocycles. The highest BCUT2D eigenvalue weighted by Crippen LogP contribution is 2.33. The first-order valence-corrected chi connectivity index (χ1v) is 8.29. The summed E-state index contributed by atoms with van der Waals surface area (Å²) >= 11 is 0. The van der Waals surface area contributed by atoms with Crippen LogP contribution in [0.3, 0.4) is 0 Å². The third-order valence-electron chi connectivity index (χ3n) is 4.52. The second-order valence-corrected chi connectivity index (χ2v) is 6.29. The van der Waals surface area contributed by atoms with E-state index in [0.717, 1.165) is 12.1 Å². The van der Waals surface area contributed by atoms with Crippen LogP contribution in [0.25, 0.3) is 0 Å². The lowest BCUT2D eigenvalue weighted by Gasteiger charge is -2.21. The van der Waals surface area contributed by atoms with E-state index in [2.05, 4.69) is 6.07 Å². The molecule has 0 radical (unpaired) electrons. The molecule has 1 amide bonds.